The van der Waals surface area contributed by atoms with Crippen molar-refractivity contribution in [1.29, 1.82) is 0 Å². The zero-order valence-corrected chi connectivity index (χ0v) is 12.6. The molecular formula is C13H18ClN3O4. The van der Waals surface area contributed by atoms with Crippen molar-refractivity contribution in [2.75, 3.05) is 25.5 Å². The number of amides is 1. The van der Waals surface area contributed by atoms with E-state index in [-0.39, 0.29) is 28.8 Å². The van der Waals surface area contributed by atoms with E-state index in [2.05, 4.69) is 5.32 Å². The molecule has 1 aromatic rings. The van der Waals surface area contributed by atoms with Crippen LogP contribution in [0.15, 0.2) is 18.2 Å². The number of benzene rings is 1. The summed E-state index contributed by atoms with van der Waals surface area (Å²) in [7, 11) is 1.73. The molecule has 1 aromatic carbocycles. The van der Waals surface area contributed by atoms with Gasteiger partial charge in [0.2, 0.25) is 5.91 Å². The van der Waals surface area contributed by atoms with Crippen LogP contribution < -0.4 is 5.32 Å². The van der Waals surface area contributed by atoms with Gasteiger partial charge in [-0.15, -0.1) is 0 Å². The number of likely N-dealkylation sites (N-methyl/N-ethyl adjacent to an activating group) is 1. The number of halogens is 1. The topological polar surface area (TPSA) is 95.7 Å². The van der Waals surface area contributed by atoms with Crippen LogP contribution in [0.3, 0.4) is 0 Å². The Hall–Kier alpha value is -1.70. The van der Waals surface area contributed by atoms with Crippen molar-refractivity contribution in [1.82, 2.24) is 4.90 Å². The van der Waals surface area contributed by atoms with Gasteiger partial charge in [0.1, 0.15) is 5.69 Å². The van der Waals surface area contributed by atoms with Crippen LogP contribution in [-0.4, -0.2) is 47.1 Å². The second-order valence-corrected chi connectivity index (χ2v) is 5.28. The third kappa shape index (κ3) is 6.07. The molecule has 8 heteroatoms. The molecule has 7 nitrogen and oxygen atoms in total. The number of carbonyl (C=O) groups is 1. The standard InChI is InChI=1S/C13H18ClN3O4/c1-9(18)5-6-16(2)8-13(19)15-11-4-3-10(14)7-12(11)17(20)21/h3-4,7,9,18H,5-6,8H2,1-2H3,(H,15,19). The van der Waals surface area contributed by atoms with Gasteiger partial charge in [-0.3, -0.25) is 19.8 Å². The first-order chi connectivity index (χ1) is 9.79. The highest BCUT2D eigenvalue weighted by atomic mass is 35.5. The lowest BCUT2D eigenvalue weighted by molar-refractivity contribution is -0.383. The summed E-state index contributed by atoms with van der Waals surface area (Å²) in [6, 6.07) is 4.06. The maximum absolute atomic E-state index is 11.9. The predicted octanol–water partition coefficient (Wildman–Crippen LogP) is 1.89. The number of aliphatic hydroxyl groups is 1. The number of nitrogens with zero attached hydrogens (tertiary/aromatic N) is 2. The molecule has 0 aromatic heterocycles. The zero-order valence-electron chi connectivity index (χ0n) is 11.9. The minimum atomic E-state index is -0.599. The summed E-state index contributed by atoms with van der Waals surface area (Å²) in [4.78, 5) is 23.9. The molecule has 0 radical (unpaired) electrons. The van der Waals surface area contributed by atoms with Crippen molar-refractivity contribution in [3.05, 3.63) is 33.3 Å². The molecule has 0 saturated carbocycles. The van der Waals surface area contributed by atoms with E-state index in [4.69, 9.17) is 11.6 Å². The van der Waals surface area contributed by atoms with E-state index in [1.807, 2.05) is 0 Å². The Kier molecular flexibility index (Phi) is 6.54. The zero-order chi connectivity index (χ0) is 16.0. The van der Waals surface area contributed by atoms with Crippen molar-refractivity contribution >= 4 is 28.9 Å². The maximum Gasteiger partial charge on any atom is 0.294 e. The average molecular weight is 316 g/mol. The van der Waals surface area contributed by atoms with E-state index < -0.39 is 11.0 Å². The van der Waals surface area contributed by atoms with Crippen molar-refractivity contribution in [3.8, 4) is 0 Å². The maximum atomic E-state index is 11.9. The van der Waals surface area contributed by atoms with Crippen molar-refractivity contribution in [2.24, 2.45) is 0 Å². The summed E-state index contributed by atoms with van der Waals surface area (Å²) in [5.41, 5.74) is -0.138. The van der Waals surface area contributed by atoms with Gasteiger partial charge in [-0.05, 0) is 32.5 Å². The Morgan fingerprint density at radius 2 is 2.24 bits per heavy atom. The Labute approximate surface area is 127 Å². The van der Waals surface area contributed by atoms with E-state index in [1.165, 1.54) is 18.2 Å². The van der Waals surface area contributed by atoms with Crippen LogP contribution in [0.1, 0.15) is 13.3 Å². The number of anilines is 1. The van der Waals surface area contributed by atoms with Gasteiger partial charge in [0, 0.05) is 17.6 Å². The molecule has 0 fully saturated rings. The SMILES string of the molecule is CC(O)CCN(C)CC(=O)Nc1ccc(Cl)cc1[N+](=O)[O-]. The lowest BCUT2D eigenvalue weighted by atomic mass is 10.2. The minimum Gasteiger partial charge on any atom is -0.393 e. The number of aliphatic hydroxyl groups excluding tert-OH is 1. The molecule has 21 heavy (non-hydrogen) atoms. The van der Waals surface area contributed by atoms with Crippen LogP contribution in [0.4, 0.5) is 11.4 Å². The molecule has 0 heterocycles. The normalized spacial score (nSPS) is 12.2. The van der Waals surface area contributed by atoms with E-state index in [1.54, 1.807) is 18.9 Å². The van der Waals surface area contributed by atoms with Crippen molar-refractivity contribution in [2.45, 2.75) is 19.4 Å². The van der Waals surface area contributed by atoms with Gasteiger partial charge in [-0.1, -0.05) is 11.6 Å². The van der Waals surface area contributed by atoms with Crippen molar-refractivity contribution < 1.29 is 14.8 Å². The Morgan fingerprint density at radius 1 is 1.57 bits per heavy atom. The van der Waals surface area contributed by atoms with Crippen LogP contribution in [0.25, 0.3) is 0 Å². The molecule has 0 saturated heterocycles. The van der Waals surface area contributed by atoms with Gasteiger partial charge >= 0.3 is 0 Å². The number of nitro groups is 1. The molecule has 0 aliphatic rings. The summed E-state index contributed by atoms with van der Waals surface area (Å²) in [6.45, 7) is 2.30. The fourth-order valence-electron chi connectivity index (χ4n) is 1.68. The van der Waals surface area contributed by atoms with Crippen LogP contribution >= 0.6 is 11.6 Å². The van der Waals surface area contributed by atoms with E-state index >= 15 is 0 Å². The lowest BCUT2D eigenvalue weighted by Crippen LogP contribution is -2.32. The third-order valence-corrected chi connectivity index (χ3v) is 3.01. The first-order valence-electron chi connectivity index (χ1n) is 6.40. The molecule has 116 valence electrons. The first-order valence-corrected chi connectivity index (χ1v) is 6.77. The second kappa shape index (κ2) is 7.92. The van der Waals surface area contributed by atoms with Gasteiger partial charge in [0.15, 0.2) is 0 Å². The molecule has 0 spiro atoms. The van der Waals surface area contributed by atoms with Crippen LogP contribution in [0.2, 0.25) is 5.02 Å². The molecule has 2 N–H and O–H groups in total. The summed E-state index contributed by atoms with van der Waals surface area (Å²) in [5, 5.41) is 22.8. The molecular weight excluding hydrogens is 298 g/mol. The van der Waals surface area contributed by atoms with Gasteiger partial charge < -0.3 is 10.4 Å². The fourth-order valence-corrected chi connectivity index (χ4v) is 1.85. The molecule has 1 rings (SSSR count). The monoisotopic (exact) mass is 315 g/mol. The average Bonchev–Trinajstić information content (AvgIpc) is 2.38. The number of carbonyl (C=O) groups excluding carboxylic acids is 1. The summed E-state index contributed by atoms with van der Waals surface area (Å²) in [5.74, 6) is -0.367. The van der Waals surface area contributed by atoms with Gasteiger partial charge in [0.05, 0.1) is 17.6 Å². The number of hydrogen-bond donors (Lipinski definition) is 2. The lowest BCUT2D eigenvalue weighted by Gasteiger charge is -2.17. The predicted molar refractivity (Wildman–Crippen MR) is 80.5 cm³/mol. The quantitative estimate of drug-likeness (QED) is 0.591. The molecule has 1 unspecified atom stereocenters. The number of rotatable bonds is 7. The minimum absolute atomic E-state index is 0.0759. The van der Waals surface area contributed by atoms with Gasteiger partial charge in [-0.2, -0.15) is 0 Å². The highest BCUT2D eigenvalue weighted by Crippen LogP contribution is 2.27. The number of nitro benzene ring substituents is 1. The van der Waals surface area contributed by atoms with E-state index in [0.29, 0.717) is 13.0 Å². The Bertz CT molecular complexity index is 522. The summed E-state index contributed by atoms with van der Waals surface area (Å²) >= 11 is 5.70. The van der Waals surface area contributed by atoms with Crippen LogP contribution in [-0.2, 0) is 4.79 Å². The number of nitrogens with one attached hydrogen (secondary N) is 1. The van der Waals surface area contributed by atoms with Crippen LogP contribution in [0, 0.1) is 10.1 Å². The molecule has 0 aliphatic heterocycles. The number of hydrogen-bond acceptors (Lipinski definition) is 5. The highest BCUT2D eigenvalue weighted by molar-refractivity contribution is 6.31. The van der Waals surface area contributed by atoms with E-state index in [0.717, 1.165) is 0 Å². The van der Waals surface area contributed by atoms with Gasteiger partial charge in [0.25, 0.3) is 5.69 Å². The second-order valence-electron chi connectivity index (χ2n) is 4.84. The Balaban J connectivity index is 2.65. The highest BCUT2D eigenvalue weighted by Gasteiger charge is 2.17. The smallest absolute Gasteiger partial charge is 0.294 e. The molecule has 1 atom stereocenters. The summed E-state index contributed by atoms with van der Waals surface area (Å²) < 4.78 is 0. The van der Waals surface area contributed by atoms with Crippen molar-refractivity contribution in [3.63, 3.8) is 0 Å². The summed E-state index contributed by atoms with van der Waals surface area (Å²) in [6.07, 6.45) is 0.109. The third-order valence-electron chi connectivity index (χ3n) is 2.77. The Morgan fingerprint density at radius 3 is 2.81 bits per heavy atom. The van der Waals surface area contributed by atoms with E-state index in [9.17, 15) is 20.0 Å². The largest absolute Gasteiger partial charge is 0.393 e. The first kappa shape index (κ1) is 17.4. The molecule has 0 bridgehead atoms. The molecule has 1 amide bonds. The molecule has 0 aliphatic carbocycles. The van der Waals surface area contributed by atoms with Crippen LogP contribution in [0.5, 0.6) is 0 Å². The fraction of sp³-hybridized carbons (Fsp3) is 0.462. The van der Waals surface area contributed by atoms with Gasteiger partial charge in [-0.25, -0.2) is 0 Å².